The molecule has 0 aliphatic carbocycles. The van der Waals surface area contributed by atoms with Crippen molar-refractivity contribution in [1.29, 1.82) is 0 Å². The summed E-state index contributed by atoms with van der Waals surface area (Å²) in [5.41, 5.74) is 11.3. The van der Waals surface area contributed by atoms with Crippen molar-refractivity contribution >= 4 is 23.3 Å². The van der Waals surface area contributed by atoms with Gasteiger partial charge < -0.3 is 16.6 Å². The zero-order chi connectivity index (χ0) is 10.0. The van der Waals surface area contributed by atoms with Crippen molar-refractivity contribution in [3.63, 3.8) is 0 Å². The van der Waals surface area contributed by atoms with Crippen LogP contribution in [0.25, 0.3) is 0 Å². The highest BCUT2D eigenvalue weighted by molar-refractivity contribution is 6.30. The van der Waals surface area contributed by atoms with Gasteiger partial charge in [-0.15, -0.1) is 0 Å². The molecule has 1 rings (SSSR count). The van der Waals surface area contributed by atoms with Crippen LogP contribution in [0.4, 0.5) is 5.69 Å². The zero-order valence-electron chi connectivity index (χ0n) is 6.57. The van der Waals surface area contributed by atoms with Gasteiger partial charge in [-0.3, -0.25) is 4.79 Å². The number of aliphatic carboxylic acids is 1. The van der Waals surface area contributed by atoms with E-state index in [1.54, 1.807) is 0 Å². The summed E-state index contributed by atoms with van der Waals surface area (Å²) in [5.74, 6) is -1.17. The SMILES string of the molecule is Nc1cnc(Cl)c([C@@H](N)C(=O)O)c1. The molecule has 0 bridgehead atoms. The Morgan fingerprint density at radius 3 is 2.85 bits per heavy atom. The van der Waals surface area contributed by atoms with Gasteiger partial charge in [-0.2, -0.15) is 0 Å². The molecule has 1 aromatic heterocycles. The van der Waals surface area contributed by atoms with Gasteiger partial charge in [0.15, 0.2) is 0 Å². The van der Waals surface area contributed by atoms with Crippen molar-refractivity contribution in [3.8, 4) is 0 Å². The number of nitrogens with two attached hydrogens (primary N) is 2. The first-order chi connectivity index (χ1) is 6.02. The Morgan fingerprint density at radius 2 is 2.31 bits per heavy atom. The number of hydrogen-bond donors (Lipinski definition) is 3. The summed E-state index contributed by atoms with van der Waals surface area (Å²) in [6, 6.07) is 0.206. The van der Waals surface area contributed by atoms with Crippen LogP contribution in [-0.2, 0) is 4.79 Å². The summed E-state index contributed by atoms with van der Waals surface area (Å²) in [4.78, 5) is 14.2. The van der Waals surface area contributed by atoms with Crippen LogP contribution in [0.15, 0.2) is 12.3 Å². The standard InChI is InChI=1S/C7H8ClN3O2/c8-6-4(5(10)7(12)13)1-3(9)2-11-6/h1-2,5H,9-10H2,(H,12,13)/t5-/m1/s1. The molecule has 0 spiro atoms. The molecule has 1 aromatic rings. The molecule has 0 aliphatic rings. The second-order valence-electron chi connectivity index (χ2n) is 2.46. The first kappa shape index (κ1) is 9.76. The lowest BCUT2D eigenvalue weighted by atomic mass is 10.1. The summed E-state index contributed by atoms with van der Waals surface area (Å²) >= 11 is 5.63. The van der Waals surface area contributed by atoms with E-state index in [0.29, 0.717) is 5.69 Å². The number of rotatable bonds is 2. The van der Waals surface area contributed by atoms with Gasteiger partial charge in [0, 0.05) is 5.56 Å². The Labute approximate surface area is 79.3 Å². The Bertz CT molecular complexity index is 343. The van der Waals surface area contributed by atoms with Crippen molar-refractivity contribution < 1.29 is 9.90 Å². The number of nitrogens with zero attached hydrogens (tertiary/aromatic N) is 1. The van der Waals surface area contributed by atoms with Gasteiger partial charge in [-0.25, -0.2) is 4.98 Å². The molecule has 0 saturated heterocycles. The fraction of sp³-hybridized carbons (Fsp3) is 0.143. The molecule has 13 heavy (non-hydrogen) atoms. The number of carboxylic acid groups (broad SMARTS) is 1. The molecule has 1 atom stereocenters. The Morgan fingerprint density at radius 1 is 1.69 bits per heavy atom. The average molecular weight is 202 g/mol. The molecular weight excluding hydrogens is 194 g/mol. The van der Waals surface area contributed by atoms with Crippen molar-refractivity contribution in [2.45, 2.75) is 6.04 Å². The highest BCUT2D eigenvalue weighted by Gasteiger charge is 2.18. The van der Waals surface area contributed by atoms with E-state index in [2.05, 4.69) is 4.98 Å². The lowest BCUT2D eigenvalue weighted by molar-refractivity contribution is -0.138. The van der Waals surface area contributed by atoms with Gasteiger partial charge >= 0.3 is 5.97 Å². The van der Waals surface area contributed by atoms with Crippen LogP contribution in [0.2, 0.25) is 5.15 Å². The minimum Gasteiger partial charge on any atom is -0.480 e. The van der Waals surface area contributed by atoms with Crippen LogP contribution in [0.5, 0.6) is 0 Å². The molecule has 6 heteroatoms. The van der Waals surface area contributed by atoms with E-state index in [0.717, 1.165) is 0 Å². The lowest BCUT2D eigenvalue weighted by Gasteiger charge is -2.08. The van der Waals surface area contributed by atoms with Crippen LogP contribution < -0.4 is 11.5 Å². The third kappa shape index (κ3) is 2.07. The van der Waals surface area contributed by atoms with Gasteiger partial charge in [-0.05, 0) is 6.07 Å². The van der Waals surface area contributed by atoms with E-state index in [9.17, 15) is 4.79 Å². The zero-order valence-corrected chi connectivity index (χ0v) is 7.32. The first-order valence-corrected chi connectivity index (χ1v) is 3.79. The lowest BCUT2D eigenvalue weighted by Crippen LogP contribution is -2.21. The summed E-state index contributed by atoms with van der Waals surface area (Å²) in [6.45, 7) is 0. The highest BCUT2D eigenvalue weighted by atomic mass is 35.5. The molecule has 0 unspecified atom stereocenters. The van der Waals surface area contributed by atoms with Crippen LogP contribution in [0, 0.1) is 0 Å². The topological polar surface area (TPSA) is 102 Å². The van der Waals surface area contributed by atoms with Crippen molar-refractivity contribution in [2.75, 3.05) is 5.73 Å². The number of anilines is 1. The fourth-order valence-corrected chi connectivity index (χ4v) is 1.05. The van der Waals surface area contributed by atoms with Gasteiger partial charge in [0.05, 0.1) is 11.9 Å². The third-order valence-electron chi connectivity index (χ3n) is 1.49. The number of carboxylic acids is 1. The van der Waals surface area contributed by atoms with E-state index in [1.165, 1.54) is 12.3 Å². The summed E-state index contributed by atoms with van der Waals surface area (Å²) in [7, 11) is 0. The molecule has 1 heterocycles. The maximum absolute atomic E-state index is 10.5. The molecule has 5 nitrogen and oxygen atoms in total. The fourth-order valence-electron chi connectivity index (χ4n) is 0.833. The molecule has 0 saturated carbocycles. The molecule has 0 aliphatic heterocycles. The molecule has 0 radical (unpaired) electrons. The smallest absolute Gasteiger partial charge is 0.325 e. The third-order valence-corrected chi connectivity index (χ3v) is 1.80. The van der Waals surface area contributed by atoms with Gasteiger partial charge in [0.25, 0.3) is 0 Å². The van der Waals surface area contributed by atoms with Crippen LogP contribution in [0.1, 0.15) is 11.6 Å². The minimum atomic E-state index is -1.19. The predicted octanol–water partition coefficient (Wildman–Crippen LogP) is 0.402. The average Bonchev–Trinajstić information content (AvgIpc) is 2.08. The Kier molecular flexibility index (Phi) is 2.69. The number of hydrogen-bond acceptors (Lipinski definition) is 4. The van der Waals surface area contributed by atoms with Gasteiger partial charge in [0.2, 0.25) is 0 Å². The Balaban J connectivity index is 3.12. The molecule has 0 aromatic carbocycles. The van der Waals surface area contributed by atoms with Crippen molar-refractivity contribution in [1.82, 2.24) is 4.98 Å². The quantitative estimate of drug-likeness (QED) is 0.601. The maximum Gasteiger partial charge on any atom is 0.325 e. The minimum absolute atomic E-state index is 0.0594. The normalized spacial score (nSPS) is 12.5. The van der Waals surface area contributed by atoms with E-state index in [-0.39, 0.29) is 10.7 Å². The molecular formula is C7H8ClN3O2. The van der Waals surface area contributed by atoms with Crippen molar-refractivity contribution in [2.24, 2.45) is 5.73 Å². The second kappa shape index (κ2) is 3.59. The summed E-state index contributed by atoms with van der Waals surface area (Å²) in [5, 5.41) is 8.66. The number of halogens is 1. The maximum atomic E-state index is 10.5. The first-order valence-electron chi connectivity index (χ1n) is 3.41. The van der Waals surface area contributed by atoms with E-state index in [4.69, 9.17) is 28.2 Å². The summed E-state index contributed by atoms with van der Waals surface area (Å²) < 4.78 is 0. The molecule has 5 N–H and O–H groups in total. The van der Waals surface area contributed by atoms with Crippen LogP contribution in [0.3, 0.4) is 0 Å². The molecule has 70 valence electrons. The number of aromatic nitrogens is 1. The van der Waals surface area contributed by atoms with E-state index in [1.807, 2.05) is 0 Å². The largest absolute Gasteiger partial charge is 0.480 e. The van der Waals surface area contributed by atoms with Crippen molar-refractivity contribution in [3.05, 3.63) is 23.0 Å². The predicted molar refractivity (Wildman–Crippen MR) is 48.2 cm³/mol. The monoisotopic (exact) mass is 201 g/mol. The van der Waals surface area contributed by atoms with Crippen LogP contribution in [-0.4, -0.2) is 16.1 Å². The van der Waals surface area contributed by atoms with Gasteiger partial charge in [0.1, 0.15) is 11.2 Å². The molecule has 0 fully saturated rings. The number of pyridine rings is 1. The molecule has 0 amide bonds. The number of carbonyl (C=O) groups is 1. The number of nitrogen functional groups attached to an aromatic ring is 1. The van der Waals surface area contributed by atoms with E-state index < -0.39 is 12.0 Å². The van der Waals surface area contributed by atoms with E-state index >= 15 is 0 Å². The van der Waals surface area contributed by atoms with Gasteiger partial charge in [-0.1, -0.05) is 11.6 Å². The highest BCUT2D eigenvalue weighted by Crippen LogP contribution is 2.21. The second-order valence-corrected chi connectivity index (χ2v) is 2.82. The van der Waals surface area contributed by atoms with Crippen LogP contribution >= 0.6 is 11.6 Å². The summed E-state index contributed by atoms with van der Waals surface area (Å²) in [6.07, 6.45) is 1.33. The Hall–Kier alpha value is -1.33.